The fourth-order valence-electron chi connectivity index (χ4n) is 2.52. The molecule has 0 atom stereocenters. The molecule has 1 aliphatic rings. The van der Waals surface area contributed by atoms with Crippen molar-refractivity contribution in [2.24, 2.45) is 0 Å². The van der Waals surface area contributed by atoms with Crippen molar-refractivity contribution in [3.63, 3.8) is 0 Å². The van der Waals surface area contributed by atoms with Gasteiger partial charge in [-0.15, -0.1) is 0 Å². The molecule has 3 nitrogen and oxygen atoms in total. The van der Waals surface area contributed by atoms with Gasteiger partial charge in [0.1, 0.15) is 5.82 Å². The summed E-state index contributed by atoms with van der Waals surface area (Å²) in [6.07, 6.45) is 8.35. The predicted molar refractivity (Wildman–Crippen MR) is 78.7 cm³/mol. The normalized spacial score (nSPS) is 16.6. The van der Waals surface area contributed by atoms with Crippen LogP contribution in [0.3, 0.4) is 0 Å². The lowest BCUT2D eigenvalue weighted by Crippen LogP contribution is -2.26. The molecule has 19 heavy (non-hydrogen) atoms. The summed E-state index contributed by atoms with van der Waals surface area (Å²) in [4.78, 5) is 9.93. The fourth-order valence-corrected chi connectivity index (χ4v) is 2.52. The molecule has 3 heteroatoms. The number of likely N-dealkylation sites (tertiary alicyclic amines) is 1. The molecule has 98 valence electrons. The van der Waals surface area contributed by atoms with Gasteiger partial charge in [0, 0.05) is 31.0 Å². The number of aromatic nitrogens is 2. The Kier molecular flexibility index (Phi) is 3.47. The van der Waals surface area contributed by atoms with Crippen molar-refractivity contribution in [2.75, 3.05) is 20.1 Å². The van der Waals surface area contributed by atoms with E-state index in [1.807, 2.05) is 6.20 Å². The third-order valence-electron chi connectivity index (χ3n) is 3.70. The van der Waals surface area contributed by atoms with Gasteiger partial charge < -0.3 is 9.88 Å². The lowest BCUT2D eigenvalue weighted by Gasteiger charge is -2.24. The monoisotopic (exact) mass is 253 g/mol. The summed E-state index contributed by atoms with van der Waals surface area (Å²) >= 11 is 0. The number of aromatic amines is 1. The Morgan fingerprint density at radius 2 is 2.00 bits per heavy atom. The van der Waals surface area contributed by atoms with E-state index in [4.69, 9.17) is 0 Å². The summed E-state index contributed by atoms with van der Waals surface area (Å²) in [5.74, 6) is 0.945. The van der Waals surface area contributed by atoms with E-state index in [1.54, 1.807) is 6.20 Å². The van der Waals surface area contributed by atoms with Gasteiger partial charge in [-0.05, 0) is 25.5 Å². The van der Waals surface area contributed by atoms with Gasteiger partial charge in [-0.25, -0.2) is 4.98 Å². The maximum Gasteiger partial charge on any atom is 0.137 e. The van der Waals surface area contributed by atoms with Crippen LogP contribution in [-0.2, 0) is 0 Å². The van der Waals surface area contributed by atoms with Gasteiger partial charge in [-0.3, -0.25) is 0 Å². The summed E-state index contributed by atoms with van der Waals surface area (Å²) in [6, 6.07) is 8.45. The van der Waals surface area contributed by atoms with Crippen LogP contribution in [-0.4, -0.2) is 35.0 Å². The second-order valence-electron chi connectivity index (χ2n) is 5.13. The first-order valence-electron chi connectivity index (χ1n) is 6.80. The topological polar surface area (TPSA) is 31.9 Å². The molecule has 0 unspecified atom stereocenters. The van der Waals surface area contributed by atoms with E-state index in [1.165, 1.54) is 29.5 Å². The minimum atomic E-state index is 0.945. The lowest BCUT2D eigenvalue weighted by molar-refractivity contribution is 0.313. The number of nitrogens with one attached hydrogen (secondary N) is 1. The minimum absolute atomic E-state index is 0.945. The highest BCUT2D eigenvalue weighted by atomic mass is 15.1. The first-order valence-corrected chi connectivity index (χ1v) is 6.80. The van der Waals surface area contributed by atoms with Crippen LogP contribution in [0, 0.1) is 0 Å². The molecule has 1 aromatic carbocycles. The van der Waals surface area contributed by atoms with Crippen LogP contribution >= 0.6 is 0 Å². The molecule has 0 radical (unpaired) electrons. The maximum absolute atomic E-state index is 4.36. The molecule has 1 aromatic heterocycles. The van der Waals surface area contributed by atoms with Crippen molar-refractivity contribution in [3.05, 3.63) is 47.8 Å². The Bertz CT molecular complexity index is 559. The molecule has 0 aliphatic carbocycles. The third kappa shape index (κ3) is 2.76. The van der Waals surface area contributed by atoms with Gasteiger partial charge in [0.15, 0.2) is 0 Å². The van der Waals surface area contributed by atoms with Crippen LogP contribution in [0.1, 0.15) is 18.4 Å². The first-order chi connectivity index (χ1) is 9.33. The molecule has 0 saturated carbocycles. The average Bonchev–Trinajstić information content (AvgIpc) is 2.96. The summed E-state index contributed by atoms with van der Waals surface area (Å²) in [5.41, 5.74) is 3.98. The number of nitrogens with zero attached hydrogens (tertiary/aromatic N) is 2. The van der Waals surface area contributed by atoms with Crippen molar-refractivity contribution in [3.8, 4) is 11.4 Å². The van der Waals surface area contributed by atoms with Crippen LogP contribution < -0.4 is 0 Å². The van der Waals surface area contributed by atoms with E-state index in [9.17, 15) is 0 Å². The lowest BCUT2D eigenvalue weighted by atomic mass is 9.98. The van der Waals surface area contributed by atoms with Crippen molar-refractivity contribution in [1.29, 1.82) is 0 Å². The number of benzene rings is 1. The number of rotatable bonds is 2. The number of hydrogen-bond acceptors (Lipinski definition) is 2. The van der Waals surface area contributed by atoms with Gasteiger partial charge in [0.05, 0.1) is 0 Å². The molecule has 1 N–H and O–H groups in total. The van der Waals surface area contributed by atoms with E-state index in [2.05, 4.69) is 52.3 Å². The molecule has 0 spiro atoms. The molecule has 0 bridgehead atoms. The van der Waals surface area contributed by atoms with Gasteiger partial charge in [0.25, 0.3) is 0 Å². The van der Waals surface area contributed by atoms with Gasteiger partial charge >= 0.3 is 0 Å². The Balaban J connectivity index is 1.91. The van der Waals surface area contributed by atoms with Crippen molar-refractivity contribution >= 4 is 6.08 Å². The molecule has 2 heterocycles. The van der Waals surface area contributed by atoms with Crippen molar-refractivity contribution < 1.29 is 0 Å². The van der Waals surface area contributed by atoms with E-state index < -0.39 is 0 Å². The zero-order valence-electron chi connectivity index (χ0n) is 11.3. The fraction of sp³-hybridized carbons (Fsp3) is 0.312. The minimum Gasteiger partial charge on any atom is -0.345 e. The second kappa shape index (κ2) is 5.41. The highest BCUT2D eigenvalue weighted by molar-refractivity contribution is 5.72. The Morgan fingerprint density at radius 1 is 1.21 bits per heavy atom. The van der Waals surface area contributed by atoms with E-state index in [0.29, 0.717) is 0 Å². The van der Waals surface area contributed by atoms with Gasteiger partial charge in [-0.2, -0.15) is 0 Å². The molecule has 0 amide bonds. The van der Waals surface area contributed by atoms with Crippen LogP contribution in [0.15, 0.2) is 42.2 Å². The molecule has 1 aliphatic heterocycles. The number of H-pyrrole nitrogens is 1. The predicted octanol–water partition coefficient (Wildman–Crippen LogP) is 3.19. The van der Waals surface area contributed by atoms with Gasteiger partial charge in [0.2, 0.25) is 0 Å². The molecular weight excluding hydrogens is 234 g/mol. The maximum atomic E-state index is 4.36. The molecule has 1 saturated heterocycles. The largest absolute Gasteiger partial charge is 0.345 e. The van der Waals surface area contributed by atoms with Crippen LogP contribution in [0.5, 0.6) is 0 Å². The zero-order valence-corrected chi connectivity index (χ0v) is 11.3. The van der Waals surface area contributed by atoms with E-state index in [-0.39, 0.29) is 0 Å². The summed E-state index contributed by atoms with van der Waals surface area (Å²) in [7, 11) is 2.19. The SMILES string of the molecule is CN1CCC(=Cc2ccccc2-c2ncc[nH]2)CC1. The quantitative estimate of drug-likeness (QED) is 0.891. The van der Waals surface area contributed by atoms with Crippen LogP contribution in [0.25, 0.3) is 17.5 Å². The first kappa shape index (κ1) is 12.2. The van der Waals surface area contributed by atoms with E-state index >= 15 is 0 Å². The third-order valence-corrected chi connectivity index (χ3v) is 3.70. The number of hydrogen-bond donors (Lipinski definition) is 1. The molecule has 1 fully saturated rings. The van der Waals surface area contributed by atoms with Crippen molar-refractivity contribution in [1.82, 2.24) is 14.9 Å². The van der Waals surface area contributed by atoms with E-state index in [0.717, 1.165) is 18.9 Å². The Hall–Kier alpha value is -1.87. The molecular formula is C16H19N3. The number of imidazole rings is 1. The average molecular weight is 253 g/mol. The second-order valence-corrected chi connectivity index (χ2v) is 5.13. The Labute approximate surface area is 114 Å². The summed E-state index contributed by atoms with van der Waals surface area (Å²) in [5, 5.41) is 0. The highest BCUT2D eigenvalue weighted by Crippen LogP contribution is 2.25. The zero-order chi connectivity index (χ0) is 13.1. The van der Waals surface area contributed by atoms with Crippen LogP contribution in [0.4, 0.5) is 0 Å². The van der Waals surface area contributed by atoms with Gasteiger partial charge in [-0.1, -0.05) is 35.9 Å². The highest BCUT2D eigenvalue weighted by Gasteiger charge is 2.11. The summed E-state index contributed by atoms with van der Waals surface area (Å²) in [6.45, 7) is 2.32. The molecule has 3 rings (SSSR count). The Morgan fingerprint density at radius 3 is 2.74 bits per heavy atom. The standard InChI is InChI=1S/C16H19N3/c1-19-10-6-13(7-11-19)12-14-4-2-3-5-15(14)16-17-8-9-18-16/h2-5,8-9,12H,6-7,10-11H2,1H3,(H,17,18). The van der Waals surface area contributed by atoms with Crippen LogP contribution in [0.2, 0.25) is 0 Å². The number of piperidine rings is 1. The van der Waals surface area contributed by atoms with Crippen molar-refractivity contribution in [2.45, 2.75) is 12.8 Å². The summed E-state index contributed by atoms with van der Waals surface area (Å²) < 4.78 is 0. The smallest absolute Gasteiger partial charge is 0.137 e. The molecule has 2 aromatic rings.